The Balaban J connectivity index is 2.06. The van der Waals surface area contributed by atoms with E-state index in [1.807, 2.05) is 34.9 Å². The second kappa shape index (κ2) is 5.49. The lowest BCUT2D eigenvalue weighted by atomic mass is 9.93. The molecule has 0 N–H and O–H groups in total. The molecule has 0 amide bonds. The number of carbonyl (C=O) groups is 1. The summed E-state index contributed by atoms with van der Waals surface area (Å²) in [5, 5.41) is 1.19. The predicted octanol–water partition coefficient (Wildman–Crippen LogP) is 3.86. The molecular weight excluding hydrogens is 326 g/mol. The van der Waals surface area contributed by atoms with Gasteiger partial charge in [-0.25, -0.2) is 4.79 Å². The lowest BCUT2D eigenvalue weighted by Gasteiger charge is -2.23. The average molecular weight is 340 g/mol. The van der Waals surface area contributed by atoms with Gasteiger partial charge < -0.3 is 9.30 Å². The predicted molar refractivity (Wildman–Crippen MR) is 93.7 cm³/mol. The summed E-state index contributed by atoms with van der Waals surface area (Å²) in [6.07, 6.45) is 1.59. The zero-order valence-electron chi connectivity index (χ0n) is 13.0. The highest BCUT2D eigenvalue weighted by atomic mass is 35.5. The molecule has 120 valence electrons. The van der Waals surface area contributed by atoms with Crippen LogP contribution in [0.1, 0.15) is 22.8 Å². The summed E-state index contributed by atoms with van der Waals surface area (Å²) in [6, 6.07) is 11.3. The van der Waals surface area contributed by atoms with Crippen molar-refractivity contribution in [1.29, 1.82) is 0 Å². The number of hydrogen-bond acceptors (Lipinski definition) is 3. The van der Waals surface area contributed by atoms with Gasteiger partial charge in [0.15, 0.2) is 0 Å². The van der Waals surface area contributed by atoms with Crippen LogP contribution in [0.5, 0.6) is 0 Å². The SMILES string of the molecule is CCOC(=O)c1cn2c3c(cccc3c1=O)-c1ccc(Cl)cc1C2. The molecule has 2 aromatic carbocycles. The van der Waals surface area contributed by atoms with Gasteiger partial charge in [-0.2, -0.15) is 0 Å². The molecule has 0 atom stereocenters. The maximum Gasteiger partial charge on any atom is 0.343 e. The van der Waals surface area contributed by atoms with E-state index in [-0.39, 0.29) is 17.6 Å². The van der Waals surface area contributed by atoms with Crippen LogP contribution < -0.4 is 5.43 Å². The van der Waals surface area contributed by atoms with E-state index < -0.39 is 5.97 Å². The van der Waals surface area contributed by atoms with Crippen LogP contribution >= 0.6 is 11.6 Å². The molecular formula is C19H14ClNO3. The van der Waals surface area contributed by atoms with Crippen LogP contribution in [0.4, 0.5) is 0 Å². The van der Waals surface area contributed by atoms with Crippen molar-refractivity contribution in [3.05, 3.63) is 69.0 Å². The molecule has 0 spiro atoms. The molecule has 0 radical (unpaired) electrons. The zero-order valence-corrected chi connectivity index (χ0v) is 13.8. The molecule has 3 aromatic rings. The van der Waals surface area contributed by atoms with E-state index in [9.17, 15) is 9.59 Å². The largest absolute Gasteiger partial charge is 0.462 e. The number of nitrogens with zero attached hydrogens (tertiary/aromatic N) is 1. The van der Waals surface area contributed by atoms with Crippen LogP contribution in [0.25, 0.3) is 22.0 Å². The minimum atomic E-state index is -0.588. The smallest absolute Gasteiger partial charge is 0.343 e. The minimum absolute atomic E-state index is 0.0620. The first-order valence-electron chi connectivity index (χ1n) is 7.72. The third kappa shape index (κ3) is 2.14. The molecule has 0 saturated heterocycles. The maximum atomic E-state index is 12.7. The van der Waals surface area contributed by atoms with Crippen LogP contribution in [0.3, 0.4) is 0 Å². The Morgan fingerprint density at radius 2 is 2.08 bits per heavy atom. The second-order valence-electron chi connectivity index (χ2n) is 5.72. The number of benzene rings is 2. The van der Waals surface area contributed by atoms with Crippen molar-refractivity contribution in [2.24, 2.45) is 0 Å². The van der Waals surface area contributed by atoms with E-state index in [2.05, 4.69) is 0 Å². The summed E-state index contributed by atoms with van der Waals surface area (Å²) in [5.41, 5.74) is 3.70. The molecule has 4 nitrogen and oxygen atoms in total. The van der Waals surface area contributed by atoms with Gasteiger partial charge in [-0.05, 0) is 36.2 Å². The van der Waals surface area contributed by atoms with Gasteiger partial charge in [0, 0.05) is 28.7 Å². The number of pyridine rings is 1. The van der Waals surface area contributed by atoms with E-state index in [4.69, 9.17) is 16.3 Å². The fourth-order valence-corrected chi connectivity index (χ4v) is 3.49. The van der Waals surface area contributed by atoms with Crippen LogP contribution in [-0.2, 0) is 11.3 Å². The Bertz CT molecular complexity index is 1050. The van der Waals surface area contributed by atoms with E-state index >= 15 is 0 Å². The highest BCUT2D eigenvalue weighted by Gasteiger charge is 2.22. The number of aromatic nitrogens is 1. The summed E-state index contributed by atoms with van der Waals surface area (Å²) in [5.74, 6) is -0.588. The summed E-state index contributed by atoms with van der Waals surface area (Å²) in [4.78, 5) is 24.8. The average Bonchev–Trinajstić information content (AvgIpc) is 2.57. The van der Waals surface area contributed by atoms with Crippen molar-refractivity contribution in [3.63, 3.8) is 0 Å². The van der Waals surface area contributed by atoms with Gasteiger partial charge in [0.25, 0.3) is 0 Å². The van der Waals surface area contributed by atoms with Crippen LogP contribution in [0.15, 0.2) is 47.4 Å². The number of fused-ring (bicyclic) bond motifs is 2. The molecule has 4 rings (SSSR count). The molecule has 5 heteroatoms. The van der Waals surface area contributed by atoms with Crippen molar-refractivity contribution in [3.8, 4) is 11.1 Å². The number of hydrogen-bond donors (Lipinski definition) is 0. The van der Waals surface area contributed by atoms with E-state index in [1.165, 1.54) is 0 Å². The molecule has 0 aliphatic carbocycles. The van der Waals surface area contributed by atoms with Gasteiger partial charge >= 0.3 is 5.97 Å². The highest BCUT2D eigenvalue weighted by Crippen LogP contribution is 2.36. The van der Waals surface area contributed by atoms with E-state index in [1.54, 1.807) is 19.2 Å². The topological polar surface area (TPSA) is 48.3 Å². The van der Waals surface area contributed by atoms with Gasteiger partial charge in [0.2, 0.25) is 5.43 Å². The number of halogens is 1. The fourth-order valence-electron chi connectivity index (χ4n) is 3.30. The zero-order chi connectivity index (χ0) is 16.8. The molecule has 0 bridgehead atoms. The van der Waals surface area contributed by atoms with Gasteiger partial charge in [0.1, 0.15) is 5.56 Å². The first kappa shape index (κ1) is 15.0. The van der Waals surface area contributed by atoms with Crippen molar-refractivity contribution in [2.45, 2.75) is 13.5 Å². The molecule has 0 fully saturated rings. The van der Waals surface area contributed by atoms with Crippen molar-refractivity contribution in [1.82, 2.24) is 4.57 Å². The van der Waals surface area contributed by atoms with Crippen LogP contribution in [0.2, 0.25) is 5.02 Å². The Labute approximate surface area is 143 Å². The van der Waals surface area contributed by atoms with Crippen molar-refractivity contribution >= 4 is 28.5 Å². The normalized spacial score (nSPS) is 12.1. The number of carbonyl (C=O) groups excluding carboxylic acids is 1. The quantitative estimate of drug-likeness (QED) is 0.521. The van der Waals surface area contributed by atoms with Crippen LogP contribution in [-0.4, -0.2) is 17.1 Å². The Kier molecular flexibility index (Phi) is 3.43. The first-order valence-corrected chi connectivity index (χ1v) is 8.10. The van der Waals surface area contributed by atoms with Gasteiger partial charge in [-0.1, -0.05) is 29.8 Å². The third-order valence-corrected chi connectivity index (χ3v) is 4.53. The van der Waals surface area contributed by atoms with Gasteiger partial charge in [0.05, 0.1) is 12.1 Å². The standard InChI is InChI=1S/C19H14ClNO3/c1-2-24-19(23)16-10-21-9-11-8-12(20)6-7-13(11)14-4-3-5-15(17(14)21)18(16)22/h3-8,10H,2,9H2,1H3. The molecule has 0 unspecified atom stereocenters. The summed E-state index contributed by atoms with van der Waals surface area (Å²) in [6.45, 7) is 2.50. The third-order valence-electron chi connectivity index (χ3n) is 4.29. The molecule has 2 heterocycles. The second-order valence-corrected chi connectivity index (χ2v) is 6.16. The van der Waals surface area contributed by atoms with Crippen molar-refractivity contribution < 1.29 is 9.53 Å². The highest BCUT2D eigenvalue weighted by molar-refractivity contribution is 6.30. The maximum absolute atomic E-state index is 12.7. The summed E-state index contributed by atoms with van der Waals surface area (Å²) < 4.78 is 6.95. The number of para-hydroxylation sites is 1. The molecule has 0 saturated carbocycles. The monoisotopic (exact) mass is 339 g/mol. The molecule has 24 heavy (non-hydrogen) atoms. The Hall–Kier alpha value is -2.59. The Morgan fingerprint density at radius 3 is 2.88 bits per heavy atom. The lowest BCUT2D eigenvalue weighted by molar-refractivity contribution is 0.0524. The number of rotatable bonds is 2. The van der Waals surface area contributed by atoms with Gasteiger partial charge in [-0.3, -0.25) is 4.79 Å². The number of ether oxygens (including phenoxy) is 1. The molecule has 1 aliphatic heterocycles. The molecule has 1 aliphatic rings. The first-order chi connectivity index (χ1) is 11.6. The number of esters is 1. The van der Waals surface area contributed by atoms with Crippen molar-refractivity contribution in [2.75, 3.05) is 6.61 Å². The summed E-state index contributed by atoms with van der Waals surface area (Å²) >= 11 is 6.12. The van der Waals surface area contributed by atoms with Crippen LogP contribution in [0, 0.1) is 0 Å². The Morgan fingerprint density at radius 1 is 1.25 bits per heavy atom. The van der Waals surface area contributed by atoms with E-state index in [0.717, 1.165) is 22.2 Å². The minimum Gasteiger partial charge on any atom is -0.462 e. The fraction of sp³-hybridized carbons (Fsp3) is 0.158. The lowest BCUT2D eigenvalue weighted by Crippen LogP contribution is -2.22. The van der Waals surface area contributed by atoms with Gasteiger partial charge in [-0.15, -0.1) is 0 Å². The van der Waals surface area contributed by atoms with E-state index in [0.29, 0.717) is 17.0 Å². The molecule has 1 aromatic heterocycles. The summed E-state index contributed by atoms with van der Waals surface area (Å²) in [7, 11) is 0.